The molecule has 0 heterocycles. The molecule has 1 rings (SSSR count). The van der Waals surface area contributed by atoms with Gasteiger partial charge >= 0.3 is 0 Å². The molecule has 0 saturated carbocycles. The van der Waals surface area contributed by atoms with Gasteiger partial charge in [-0.2, -0.15) is 0 Å². The second-order valence-corrected chi connectivity index (χ2v) is 4.19. The number of hydrogen-bond donors (Lipinski definition) is 1. The van der Waals surface area contributed by atoms with Crippen molar-refractivity contribution in [2.24, 2.45) is 0 Å². The predicted octanol–water partition coefficient (Wildman–Crippen LogP) is 1.96. The lowest BCUT2D eigenvalue weighted by Crippen LogP contribution is -2.28. The lowest BCUT2D eigenvalue weighted by molar-refractivity contribution is 0.0282. The number of hydrogen-bond acceptors (Lipinski definition) is 3. The van der Waals surface area contributed by atoms with Crippen LogP contribution in [0.5, 0.6) is 5.75 Å². The third-order valence-corrected chi connectivity index (χ3v) is 2.03. The van der Waals surface area contributed by atoms with E-state index in [1.807, 2.05) is 6.92 Å². The summed E-state index contributed by atoms with van der Waals surface area (Å²) in [6.07, 6.45) is 0.798. The molecule has 0 aliphatic rings. The van der Waals surface area contributed by atoms with Crippen molar-refractivity contribution in [1.29, 1.82) is 0 Å². The van der Waals surface area contributed by atoms with Crippen LogP contribution >= 0.6 is 0 Å². The van der Waals surface area contributed by atoms with Crippen molar-refractivity contribution < 1.29 is 14.6 Å². The zero-order chi connectivity index (χ0) is 11.5. The fraction of sp³-hybridized carbons (Fsp3) is 0.417. The van der Waals surface area contributed by atoms with Gasteiger partial charge in [-0.1, -0.05) is 12.1 Å². The van der Waals surface area contributed by atoms with Crippen LogP contribution in [0.3, 0.4) is 0 Å². The van der Waals surface area contributed by atoms with Crippen molar-refractivity contribution in [3.63, 3.8) is 0 Å². The average molecular weight is 208 g/mol. The van der Waals surface area contributed by atoms with Crippen LogP contribution in [-0.4, -0.2) is 23.6 Å². The molecule has 0 aliphatic heterocycles. The Morgan fingerprint density at radius 3 is 2.67 bits per heavy atom. The molecule has 0 fully saturated rings. The summed E-state index contributed by atoms with van der Waals surface area (Å²) in [5, 5.41) is 9.50. The summed E-state index contributed by atoms with van der Waals surface area (Å²) >= 11 is 0. The quantitative estimate of drug-likeness (QED) is 0.769. The number of ether oxygens (including phenoxy) is 1. The summed E-state index contributed by atoms with van der Waals surface area (Å²) in [6.45, 7) is 5.37. The van der Waals surface area contributed by atoms with Crippen molar-refractivity contribution >= 4 is 6.29 Å². The highest BCUT2D eigenvalue weighted by Crippen LogP contribution is 2.21. The average Bonchev–Trinajstić information content (AvgIpc) is 2.15. The Morgan fingerprint density at radius 2 is 2.13 bits per heavy atom. The van der Waals surface area contributed by atoms with Gasteiger partial charge in [0.25, 0.3) is 0 Å². The van der Waals surface area contributed by atoms with E-state index in [1.54, 1.807) is 32.0 Å². The highest BCUT2D eigenvalue weighted by Gasteiger charge is 2.14. The van der Waals surface area contributed by atoms with Gasteiger partial charge in [0, 0.05) is 11.1 Å². The summed E-state index contributed by atoms with van der Waals surface area (Å²) < 4.78 is 5.43. The summed E-state index contributed by atoms with van der Waals surface area (Å²) in [4.78, 5) is 10.7. The van der Waals surface area contributed by atoms with E-state index in [0.29, 0.717) is 11.3 Å². The van der Waals surface area contributed by atoms with Crippen molar-refractivity contribution in [2.75, 3.05) is 6.61 Å². The number of aliphatic hydroxyl groups is 1. The SMILES string of the molecule is Cc1c(C=O)cccc1OCC(C)(C)O. The van der Waals surface area contributed by atoms with E-state index in [-0.39, 0.29) is 6.61 Å². The Labute approximate surface area is 89.7 Å². The van der Waals surface area contributed by atoms with Gasteiger partial charge in [0.1, 0.15) is 18.6 Å². The molecule has 0 radical (unpaired) electrons. The van der Waals surface area contributed by atoms with E-state index in [9.17, 15) is 9.90 Å². The number of carbonyl (C=O) groups excluding carboxylic acids is 1. The fourth-order valence-corrected chi connectivity index (χ4v) is 1.17. The first-order chi connectivity index (χ1) is 6.94. The Hall–Kier alpha value is -1.35. The van der Waals surface area contributed by atoms with Crippen molar-refractivity contribution in [1.82, 2.24) is 0 Å². The number of carbonyl (C=O) groups is 1. The number of aldehydes is 1. The zero-order valence-corrected chi connectivity index (χ0v) is 9.28. The number of rotatable bonds is 4. The Balaban J connectivity index is 2.82. The maximum atomic E-state index is 10.7. The molecule has 3 heteroatoms. The van der Waals surface area contributed by atoms with Gasteiger partial charge in [-0.25, -0.2) is 0 Å². The highest BCUT2D eigenvalue weighted by atomic mass is 16.5. The van der Waals surface area contributed by atoms with E-state index < -0.39 is 5.60 Å². The lowest BCUT2D eigenvalue weighted by atomic mass is 10.1. The van der Waals surface area contributed by atoms with Crippen LogP contribution in [0.2, 0.25) is 0 Å². The number of benzene rings is 1. The molecule has 15 heavy (non-hydrogen) atoms. The molecule has 0 atom stereocenters. The van der Waals surface area contributed by atoms with Crippen LogP contribution in [-0.2, 0) is 0 Å². The second-order valence-electron chi connectivity index (χ2n) is 4.19. The van der Waals surface area contributed by atoms with Crippen molar-refractivity contribution in [2.45, 2.75) is 26.4 Å². The molecule has 1 aromatic carbocycles. The third-order valence-electron chi connectivity index (χ3n) is 2.03. The molecule has 0 amide bonds. The van der Waals surface area contributed by atoms with Crippen LogP contribution in [0.1, 0.15) is 29.8 Å². The molecule has 0 spiro atoms. The fourth-order valence-electron chi connectivity index (χ4n) is 1.17. The molecular formula is C12H16O3. The summed E-state index contributed by atoms with van der Waals surface area (Å²) in [6, 6.07) is 5.28. The van der Waals surface area contributed by atoms with Crippen molar-refractivity contribution in [3.8, 4) is 5.75 Å². The van der Waals surface area contributed by atoms with Gasteiger partial charge in [-0.05, 0) is 26.8 Å². The highest BCUT2D eigenvalue weighted by molar-refractivity contribution is 5.78. The molecule has 1 aromatic rings. The molecule has 3 nitrogen and oxygen atoms in total. The molecule has 1 N–H and O–H groups in total. The van der Waals surface area contributed by atoms with E-state index in [4.69, 9.17) is 4.74 Å². The maximum absolute atomic E-state index is 10.7. The minimum absolute atomic E-state index is 0.205. The Bertz CT molecular complexity index is 350. The molecule has 0 aromatic heterocycles. The largest absolute Gasteiger partial charge is 0.490 e. The van der Waals surface area contributed by atoms with Crippen LogP contribution in [0.25, 0.3) is 0 Å². The van der Waals surface area contributed by atoms with Crippen molar-refractivity contribution in [3.05, 3.63) is 29.3 Å². The molecule has 0 aliphatic carbocycles. The van der Waals surface area contributed by atoms with Gasteiger partial charge in [-0.15, -0.1) is 0 Å². The van der Waals surface area contributed by atoms with Gasteiger partial charge in [0.05, 0.1) is 5.60 Å². The minimum atomic E-state index is -0.871. The predicted molar refractivity (Wildman–Crippen MR) is 58.4 cm³/mol. The monoisotopic (exact) mass is 208 g/mol. The standard InChI is InChI=1S/C12H16O3/c1-9-10(7-13)5-4-6-11(9)15-8-12(2,3)14/h4-7,14H,8H2,1-3H3. The molecule has 0 bridgehead atoms. The topological polar surface area (TPSA) is 46.5 Å². The molecule has 0 saturated heterocycles. The van der Waals surface area contributed by atoms with Gasteiger partial charge < -0.3 is 9.84 Å². The summed E-state index contributed by atoms with van der Waals surface area (Å²) in [5.41, 5.74) is 0.545. The maximum Gasteiger partial charge on any atom is 0.150 e. The van der Waals surface area contributed by atoms with Gasteiger partial charge in [0.2, 0.25) is 0 Å². The third kappa shape index (κ3) is 3.36. The first kappa shape index (κ1) is 11.7. The normalized spacial score (nSPS) is 11.2. The van der Waals surface area contributed by atoms with E-state index in [0.717, 1.165) is 11.8 Å². The zero-order valence-electron chi connectivity index (χ0n) is 9.28. The first-order valence-electron chi connectivity index (χ1n) is 4.84. The van der Waals surface area contributed by atoms with E-state index in [2.05, 4.69) is 0 Å². The molecule has 82 valence electrons. The smallest absolute Gasteiger partial charge is 0.150 e. The van der Waals surface area contributed by atoms with Crippen LogP contribution in [0, 0.1) is 6.92 Å². The molecule has 0 unspecified atom stereocenters. The van der Waals surface area contributed by atoms with E-state index >= 15 is 0 Å². The van der Waals surface area contributed by atoms with Gasteiger partial charge in [0.15, 0.2) is 0 Å². The first-order valence-corrected chi connectivity index (χ1v) is 4.84. The Morgan fingerprint density at radius 1 is 1.47 bits per heavy atom. The Kier molecular flexibility index (Phi) is 3.48. The minimum Gasteiger partial charge on any atom is -0.490 e. The summed E-state index contributed by atoms with van der Waals surface area (Å²) in [5.74, 6) is 0.640. The molecular weight excluding hydrogens is 192 g/mol. The van der Waals surface area contributed by atoms with Crippen LogP contribution in [0.15, 0.2) is 18.2 Å². The van der Waals surface area contributed by atoms with E-state index in [1.165, 1.54) is 0 Å². The summed E-state index contributed by atoms with van der Waals surface area (Å²) in [7, 11) is 0. The van der Waals surface area contributed by atoms with Gasteiger partial charge in [-0.3, -0.25) is 4.79 Å². The van der Waals surface area contributed by atoms with Crippen LogP contribution in [0.4, 0.5) is 0 Å². The lowest BCUT2D eigenvalue weighted by Gasteiger charge is -2.19. The van der Waals surface area contributed by atoms with Crippen LogP contribution < -0.4 is 4.74 Å². The second kappa shape index (κ2) is 4.45.